The van der Waals surface area contributed by atoms with Gasteiger partial charge in [0.25, 0.3) is 5.91 Å². The average Bonchev–Trinajstić information content (AvgIpc) is 2.88. The van der Waals surface area contributed by atoms with Crippen molar-refractivity contribution in [3.05, 3.63) is 44.2 Å². The standard InChI is InChI=1S/C19H25ClN2O3S/c1-6-7-10-22-12(2)16(19(3,4)24)26-18(22)21-17(23)14-11-13(20)8-9-15(14)25-5/h8-9,11,24H,6-7,10H2,1-5H3. The maximum Gasteiger partial charge on any atom is 0.283 e. The van der Waals surface area contributed by atoms with E-state index in [0.717, 1.165) is 30.0 Å². The molecule has 1 aromatic heterocycles. The highest BCUT2D eigenvalue weighted by molar-refractivity contribution is 7.09. The third kappa shape index (κ3) is 4.55. The molecule has 0 bridgehead atoms. The summed E-state index contributed by atoms with van der Waals surface area (Å²) in [5.41, 5.74) is 0.256. The van der Waals surface area contributed by atoms with Gasteiger partial charge >= 0.3 is 0 Å². The van der Waals surface area contributed by atoms with E-state index in [1.54, 1.807) is 32.0 Å². The van der Waals surface area contributed by atoms with Crippen LogP contribution in [0.15, 0.2) is 23.2 Å². The summed E-state index contributed by atoms with van der Waals surface area (Å²) in [6.07, 6.45) is 1.99. The summed E-state index contributed by atoms with van der Waals surface area (Å²) in [4.78, 5) is 18.5. The zero-order valence-corrected chi connectivity index (χ0v) is 17.4. The maximum absolute atomic E-state index is 12.8. The first-order valence-corrected chi connectivity index (χ1v) is 9.74. The van der Waals surface area contributed by atoms with Crippen molar-refractivity contribution in [2.24, 2.45) is 4.99 Å². The Bertz CT molecular complexity index is 863. The zero-order valence-electron chi connectivity index (χ0n) is 15.8. The molecule has 7 heteroatoms. The SMILES string of the molecule is CCCCn1c(C)c(C(C)(C)O)sc1=NC(=O)c1cc(Cl)ccc1OC. The normalized spacial score (nSPS) is 12.5. The van der Waals surface area contributed by atoms with Gasteiger partial charge in [0.15, 0.2) is 4.80 Å². The van der Waals surface area contributed by atoms with Crippen molar-refractivity contribution in [2.45, 2.75) is 52.7 Å². The van der Waals surface area contributed by atoms with Crippen molar-refractivity contribution in [1.29, 1.82) is 0 Å². The molecule has 0 atom stereocenters. The van der Waals surface area contributed by atoms with Crippen LogP contribution >= 0.6 is 22.9 Å². The summed E-state index contributed by atoms with van der Waals surface area (Å²) >= 11 is 7.36. The second-order valence-electron chi connectivity index (χ2n) is 6.62. The Hall–Kier alpha value is -1.63. The number of ether oxygens (including phenoxy) is 1. The molecule has 0 fully saturated rings. The van der Waals surface area contributed by atoms with Crippen LogP contribution in [-0.4, -0.2) is 22.7 Å². The number of halogens is 1. The summed E-state index contributed by atoms with van der Waals surface area (Å²) in [6.45, 7) is 8.28. The molecule has 26 heavy (non-hydrogen) atoms. The molecular formula is C19H25ClN2O3S. The Labute approximate surface area is 162 Å². The van der Waals surface area contributed by atoms with Gasteiger partial charge in [0.05, 0.1) is 23.2 Å². The molecule has 0 aliphatic carbocycles. The number of thiazole rings is 1. The van der Waals surface area contributed by atoms with Gasteiger partial charge in [-0.15, -0.1) is 0 Å². The highest BCUT2D eigenvalue weighted by Gasteiger charge is 2.24. The average molecular weight is 397 g/mol. The van der Waals surface area contributed by atoms with E-state index in [9.17, 15) is 9.90 Å². The van der Waals surface area contributed by atoms with Crippen LogP contribution in [0, 0.1) is 6.92 Å². The molecule has 2 aromatic rings. The van der Waals surface area contributed by atoms with Crippen LogP contribution < -0.4 is 9.54 Å². The van der Waals surface area contributed by atoms with E-state index in [4.69, 9.17) is 16.3 Å². The van der Waals surface area contributed by atoms with Gasteiger partial charge in [-0.1, -0.05) is 36.3 Å². The van der Waals surface area contributed by atoms with Crippen LogP contribution in [0.1, 0.15) is 54.5 Å². The Kier molecular flexibility index (Phi) is 6.66. The molecule has 1 amide bonds. The fourth-order valence-corrected chi connectivity index (χ4v) is 4.04. The molecule has 0 saturated carbocycles. The first-order valence-electron chi connectivity index (χ1n) is 8.54. The third-order valence-corrected chi connectivity index (χ3v) is 5.77. The monoisotopic (exact) mass is 396 g/mol. The summed E-state index contributed by atoms with van der Waals surface area (Å²) in [6, 6.07) is 4.87. The number of unbranched alkanes of at least 4 members (excludes halogenated alkanes) is 1. The van der Waals surface area contributed by atoms with Gasteiger partial charge in [-0.2, -0.15) is 4.99 Å². The van der Waals surface area contributed by atoms with Gasteiger partial charge in [0, 0.05) is 17.3 Å². The van der Waals surface area contributed by atoms with Crippen LogP contribution in [0.2, 0.25) is 5.02 Å². The largest absolute Gasteiger partial charge is 0.496 e. The number of aliphatic hydroxyl groups is 1. The van der Waals surface area contributed by atoms with E-state index in [1.807, 2.05) is 11.5 Å². The lowest BCUT2D eigenvalue weighted by atomic mass is 10.1. The molecule has 0 spiro atoms. The smallest absolute Gasteiger partial charge is 0.283 e. The van der Waals surface area contributed by atoms with Gasteiger partial charge in [0.2, 0.25) is 0 Å². The van der Waals surface area contributed by atoms with Crippen molar-refractivity contribution in [3.8, 4) is 5.75 Å². The van der Waals surface area contributed by atoms with Crippen LogP contribution in [0.4, 0.5) is 0 Å². The lowest BCUT2D eigenvalue weighted by Gasteiger charge is -2.16. The van der Waals surface area contributed by atoms with E-state index in [0.29, 0.717) is 21.1 Å². The zero-order chi connectivity index (χ0) is 19.5. The lowest BCUT2D eigenvalue weighted by molar-refractivity contribution is 0.0813. The van der Waals surface area contributed by atoms with Crippen molar-refractivity contribution >= 4 is 28.8 Å². The molecule has 1 N–H and O–H groups in total. The van der Waals surface area contributed by atoms with E-state index in [2.05, 4.69) is 11.9 Å². The summed E-state index contributed by atoms with van der Waals surface area (Å²) < 4.78 is 7.25. The quantitative estimate of drug-likeness (QED) is 0.792. The third-order valence-electron chi connectivity index (χ3n) is 4.04. The first-order chi connectivity index (χ1) is 12.2. The summed E-state index contributed by atoms with van der Waals surface area (Å²) in [5, 5.41) is 10.9. The molecule has 0 saturated heterocycles. The molecule has 0 unspecified atom stereocenters. The van der Waals surface area contributed by atoms with Crippen molar-refractivity contribution in [2.75, 3.05) is 7.11 Å². The fraction of sp³-hybridized carbons (Fsp3) is 0.474. The fourth-order valence-electron chi connectivity index (χ4n) is 2.71. The number of carbonyl (C=O) groups is 1. The van der Waals surface area contributed by atoms with Crippen molar-refractivity contribution in [1.82, 2.24) is 4.57 Å². The minimum Gasteiger partial charge on any atom is -0.496 e. The van der Waals surface area contributed by atoms with Gasteiger partial charge in [-0.3, -0.25) is 4.79 Å². The van der Waals surface area contributed by atoms with Crippen molar-refractivity contribution < 1.29 is 14.6 Å². The van der Waals surface area contributed by atoms with E-state index < -0.39 is 11.5 Å². The highest BCUT2D eigenvalue weighted by Crippen LogP contribution is 2.27. The lowest BCUT2D eigenvalue weighted by Crippen LogP contribution is -2.19. The first kappa shape index (κ1) is 20.7. The molecule has 5 nitrogen and oxygen atoms in total. The molecule has 2 rings (SSSR count). The minimum atomic E-state index is -0.993. The molecule has 1 aromatic carbocycles. The number of benzene rings is 1. The van der Waals surface area contributed by atoms with Crippen LogP contribution in [0.25, 0.3) is 0 Å². The molecule has 0 radical (unpaired) electrons. The van der Waals surface area contributed by atoms with Crippen molar-refractivity contribution in [3.63, 3.8) is 0 Å². The van der Waals surface area contributed by atoms with Crippen LogP contribution in [0.3, 0.4) is 0 Å². The Morgan fingerprint density at radius 3 is 2.69 bits per heavy atom. The van der Waals surface area contributed by atoms with E-state index in [-0.39, 0.29) is 0 Å². The Morgan fingerprint density at radius 1 is 1.42 bits per heavy atom. The predicted molar refractivity (Wildman–Crippen MR) is 105 cm³/mol. The van der Waals surface area contributed by atoms with Crippen LogP contribution in [-0.2, 0) is 12.1 Å². The van der Waals surface area contributed by atoms with Gasteiger partial charge in [-0.25, -0.2) is 0 Å². The number of carbonyl (C=O) groups excluding carboxylic acids is 1. The van der Waals surface area contributed by atoms with E-state index in [1.165, 1.54) is 18.4 Å². The number of hydrogen-bond acceptors (Lipinski definition) is 4. The second-order valence-corrected chi connectivity index (χ2v) is 8.04. The van der Waals surface area contributed by atoms with Crippen LogP contribution in [0.5, 0.6) is 5.75 Å². The minimum absolute atomic E-state index is 0.318. The summed E-state index contributed by atoms with van der Waals surface area (Å²) in [5.74, 6) is 0.0115. The molecule has 1 heterocycles. The number of rotatable bonds is 6. The van der Waals surface area contributed by atoms with Gasteiger partial charge in [-0.05, 0) is 45.4 Å². The number of methoxy groups -OCH3 is 1. The number of nitrogens with zero attached hydrogens (tertiary/aromatic N) is 2. The number of hydrogen-bond donors (Lipinski definition) is 1. The predicted octanol–water partition coefficient (Wildman–Crippen LogP) is 4.29. The molecular weight excluding hydrogens is 372 g/mol. The Balaban J connectivity index is 2.59. The van der Waals surface area contributed by atoms with E-state index >= 15 is 0 Å². The van der Waals surface area contributed by atoms with Gasteiger partial charge in [0.1, 0.15) is 5.75 Å². The number of amides is 1. The summed E-state index contributed by atoms with van der Waals surface area (Å²) in [7, 11) is 1.50. The molecule has 0 aliphatic heterocycles. The number of aromatic nitrogens is 1. The highest BCUT2D eigenvalue weighted by atomic mass is 35.5. The second kappa shape index (κ2) is 8.37. The maximum atomic E-state index is 12.8. The molecule has 142 valence electrons. The Morgan fingerprint density at radius 2 is 2.12 bits per heavy atom. The molecule has 0 aliphatic rings. The van der Waals surface area contributed by atoms with Gasteiger partial charge < -0.3 is 14.4 Å². The topological polar surface area (TPSA) is 63.8 Å².